The number of rotatable bonds is 5. The molecular formula is C13H16N4O2. The number of aromatic nitrogens is 2. The molecule has 0 spiro atoms. The summed E-state index contributed by atoms with van der Waals surface area (Å²) in [6.07, 6.45) is 4.59. The zero-order valence-electron chi connectivity index (χ0n) is 10.9. The van der Waals surface area contributed by atoms with Gasteiger partial charge in [-0.3, -0.25) is 9.78 Å². The summed E-state index contributed by atoms with van der Waals surface area (Å²) >= 11 is 0. The first-order valence-corrected chi connectivity index (χ1v) is 6.11. The summed E-state index contributed by atoms with van der Waals surface area (Å²) in [5.74, 6) is 1.00. The average Bonchev–Trinajstić information content (AvgIpc) is 2.93. The fourth-order valence-electron chi connectivity index (χ4n) is 1.62. The predicted octanol–water partition coefficient (Wildman–Crippen LogP) is 1.99. The molecule has 1 unspecified atom stereocenters. The van der Waals surface area contributed by atoms with Crippen molar-refractivity contribution in [1.82, 2.24) is 15.3 Å². The third-order valence-corrected chi connectivity index (χ3v) is 2.54. The van der Waals surface area contributed by atoms with E-state index in [0.717, 1.165) is 6.54 Å². The molecule has 0 aliphatic rings. The molecule has 0 bridgehead atoms. The van der Waals surface area contributed by atoms with Gasteiger partial charge < -0.3 is 15.1 Å². The first-order valence-electron chi connectivity index (χ1n) is 6.11. The first-order chi connectivity index (χ1) is 9.20. The average molecular weight is 260 g/mol. The summed E-state index contributed by atoms with van der Waals surface area (Å²) in [7, 11) is 0. The van der Waals surface area contributed by atoms with E-state index >= 15 is 0 Å². The number of carbonyl (C=O) groups excluding carboxylic acids is 1. The molecule has 2 rings (SSSR count). The van der Waals surface area contributed by atoms with Crippen molar-refractivity contribution < 1.29 is 9.21 Å². The van der Waals surface area contributed by atoms with E-state index in [9.17, 15) is 4.79 Å². The highest BCUT2D eigenvalue weighted by Gasteiger charge is 2.14. The number of nitrogens with one attached hydrogen (secondary N) is 2. The lowest BCUT2D eigenvalue weighted by molar-refractivity contribution is 0.0930. The van der Waals surface area contributed by atoms with Crippen molar-refractivity contribution in [3.05, 3.63) is 42.2 Å². The summed E-state index contributed by atoms with van der Waals surface area (Å²) in [6.45, 7) is 4.52. The van der Waals surface area contributed by atoms with Crippen LogP contribution in [0.1, 0.15) is 36.1 Å². The van der Waals surface area contributed by atoms with E-state index in [1.165, 1.54) is 6.20 Å². The van der Waals surface area contributed by atoms with Crippen molar-refractivity contribution in [2.24, 2.45) is 0 Å². The molecule has 0 radical (unpaired) electrons. The van der Waals surface area contributed by atoms with Crippen LogP contribution in [0.25, 0.3) is 0 Å². The fourth-order valence-corrected chi connectivity index (χ4v) is 1.62. The van der Waals surface area contributed by atoms with Gasteiger partial charge >= 0.3 is 0 Å². The third kappa shape index (κ3) is 3.31. The largest absolute Gasteiger partial charge is 0.467 e. The maximum Gasteiger partial charge on any atom is 0.272 e. The van der Waals surface area contributed by atoms with E-state index < -0.39 is 0 Å². The van der Waals surface area contributed by atoms with Gasteiger partial charge in [0.15, 0.2) is 0 Å². The molecule has 2 aromatic rings. The molecule has 0 saturated heterocycles. The number of nitrogens with zero attached hydrogens (tertiary/aromatic N) is 2. The molecule has 0 aliphatic heterocycles. The van der Waals surface area contributed by atoms with Crippen LogP contribution >= 0.6 is 0 Å². The van der Waals surface area contributed by atoms with Crippen LogP contribution in [-0.4, -0.2) is 22.4 Å². The van der Waals surface area contributed by atoms with E-state index in [4.69, 9.17) is 4.42 Å². The SMILES string of the molecule is CCNc1cncc(C(=O)NC(C)c2ccco2)n1. The Morgan fingerprint density at radius 1 is 1.47 bits per heavy atom. The van der Waals surface area contributed by atoms with Crippen LogP contribution in [0.4, 0.5) is 5.82 Å². The number of amides is 1. The standard InChI is InChI=1S/C13H16N4O2/c1-3-15-12-8-14-7-10(17-12)13(18)16-9(2)11-5-4-6-19-11/h4-9H,3H2,1-2H3,(H,15,17)(H,16,18). The smallest absolute Gasteiger partial charge is 0.272 e. The van der Waals surface area contributed by atoms with Gasteiger partial charge in [0.05, 0.1) is 24.7 Å². The van der Waals surface area contributed by atoms with Crippen LogP contribution in [-0.2, 0) is 0 Å². The number of carbonyl (C=O) groups is 1. The van der Waals surface area contributed by atoms with Crippen LogP contribution < -0.4 is 10.6 Å². The lowest BCUT2D eigenvalue weighted by atomic mass is 10.2. The minimum atomic E-state index is -0.281. The van der Waals surface area contributed by atoms with Gasteiger partial charge in [0.25, 0.3) is 5.91 Å². The zero-order valence-corrected chi connectivity index (χ0v) is 10.9. The minimum absolute atomic E-state index is 0.216. The van der Waals surface area contributed by atoms with Crippen molar-refractivity contribution in [3.63, 3.8) is 0 Å². The molecule has 1 atom stereocenters. The Morgan fingerprint density at radius 3 is 3.00 bits per heavy atom. The van der Waals surface area contributed by atoms with Gasteiger partial charge in [-0.15, -0.1) is 0 Å². The van der Waals surface area contributed by atoms with Gasteiger partial charge in [0, 0.05) is 6.54 Å². The van der Waals surface area contributed by atoms with Gasteiger partial charge in [0.1, 0.15) is 17.3 Å². The lowest BCUT2D eigenvalue weighted by Gasteiger charge is -2.11. The zero-order chi connectivity index (χ0) is 13.7. The van der Waals surface area contributed by atoms with E-state index in [0.29, 0.717) is 11.6 Å². The Balaban J connectivity index is 2.05. The van der Waals surface area contributed by atoms with Gasteiger partial charge in [-0.05, 0) is 26.0 Å². The van der Waals surface area contributed by atoms with Gasteiger partial charge in [-0.2, -0.15) is 0 Å². The first kappa shape index (κ1) is 13.1. The van der Waals surface area contributed by atoms with Crippen LogP contribution in [0.5, 0.6) is 0 Å². The molecule has 1 amide bonds. The second kappa shape index (κ2) is 5.99. The Hall–Kier alpha value is -2.37. The van der Waals surface area contributed by atoms with Gasteiger partial charge in [-0.25, -0.2) is 4.98 Å². The number of anilines is 1. The molecule has 2 aromatic heterocycles. The molecule has 19 heavy (non-hydrogen) atoms. The summed E-state index contributed by atoms with van der Waals surface area (Å²) in [6, 6.07) is 3.38. The van der Waals surface area contributed by atoms with Gasteiger partial charge in [0.2, 0.25) is 0 Å². The molecule has 100 valence electrons. The second-order valence-corrected chi connectivity index (χ2v) is 4.03. The molecule has 0 aliphatic carbocycles. The summed E-state index contributed by atoms with van der Waals surface area (Å²) in [5.41, 5.74) is 0.275. The topological polar surface area (TPSA) is 80.0 Å². The number of hydrogen-bond acceptors (Lipinski definition) is 5. The highest BCUT2D eigenvalue weighted by Crippen LogP contribution is 2.13. The minimum Gasteiger partial charge on any atom is -0.467 e. The van der Waals surface area contributed by atoms with E-state index in [1.54, 1.807) is 18.5 Å². The predicted molar refractivity (Wildman–Crippen MR) is 70.8 cm³/mol. The van der Waals surface area contributed by atoms with Gasteiger partial charge in [-0.1, -0.05) is 0 Å². The maximum atomic E-state index is 12.0. The Bertz CT molecular complexity index is 539. The second-order valence-electron chi connectivity index (χ2n) is 4.03. The number of hydrogen-bond donors (Lipinski definition) is 2. The summed E-state index contributed by atoms with van der Waals surface area (Å²) in [5, 5.41) is 5.82. The molecule has 0 aromatic carbocycles. The monoisotopic (exact) mass is 260 g/mol. The third-order valence-electron chi connectivity index (χ3n) is 2.54. The lowest BCUT2D eigenvalue weighted by Crippen LogP contribution is -2.27. The van der Waals surface area contributed by atoms with Crippen molar-refractivity contribution in [2.75, 3.05) is 11.9 Å². The van der Waals surface area contributed by atoms with E-state index in [1.807, 2.05) is 19.9 Å². The number of furan rings is 1. The highest BCUT2D eigenvalue weighted by molar-refractivity contribution is 5.92. The fraction of sp³-hybridized carbons (Fsp3) is 0.308. The quantitative estimate of drug-likeness (QED) is 0.859. The Labute approximate surface area is 111 Å². The van der Waals surface area contributed by atoms with Crippen molar-refractivity contribution in [1.29, 1.82) is 0 Å². The molecule has 2 N–H and O–H groups in total. The van der Waals surface area contributed by atoms with Crippen LogP contribution in [0.2, 0.25) is 0 Å². The normalized spacial score (nSPS) is 11.9. The molecule has 0 saturated carbocycles. The van der Waals surface area contributed by atoms with E-state index in [-0.39, 0.29) is 17.6 Å². The highest BCUT2D eigenvalue weighted by atomic mass is 16.3. The van der Waals surface area contributed by atoms with E-state index in [2.05, 4.69) is 20.6 Å². The molecular weight excluding hydrogens is 244 g/mol. The summed E-state index contributed by atoms with van der Waals surface area (Å²) < 4.78 is 5.23. The molecule has 6 nitrogen and oxygen atoms in total. The Morgan fingerprint density at radius 2 is 2.32 bits per heavy atom. The van der Waals surface area contributed by atoms with Crippen molar-refractivity contribution in [3.8, 4) is 0 Å². The van der Waals surface area contributed by atoms with Crippen LogP contribution in [0.15, 0.2) is 35.2 Å². The maximum absolute atomic E-state index is 12.0. The Kier molecular flexibility index (Phi) is 4.12. The van der Waals surface area contributed by atoms with Crippen molar-refractivity contribution in [2.45, 2.75) is 19.9 Å². The molecule has 6 heteroatoms. The van der Waals surface area contributed by atoms with Crippen LogP contribution in [0.3, 0.4) is 0 Å². The van der Waals surface area contributed by atoms with Crippen LogP contribution in [0, 0.1) is 0 Å². The summed E-state index contributed by atoms with van der Waals surface area (Å²) in [4.78, 5) is 20.2. The molecule has 0 fully saturated rings. The van der Waals surface area contributed by atoms with Crippen molar-refractivity contribution >= 4 is 11.7 Å². The molecule has 2 heterocycles.